The van der Waals surface area contributed by atoms with E-state index in [1.165, 1.54) is 13.0 Å². The maximum Gasteiger partial charge on any atom is 0.251 e. The lowest BCUT2D eigenvalue weighted by molar-refractivity contribution is -0.134. The maximum absolute atomic E-state index is 13.7. The first-order valence-electron chi connectivity index (χ1n) is 10.2. The highest BCUT2D eigenvalue weighted by molar-refractivity contribution is 5.94. The standard InChI is InChI=1S/C23H27FN4O3/c1-15-19(24)8-5-9-20(15)26-22(30)14-27-10-11-28(16(2)29)21(13-27)17-6-4-7-18(12-17)23(31)25-3/h4-9,12,21H,10-11,13-14H2,1-3H3,(H,25,31)(H,26,30). The number of carbonyl (C=O) groups is 3. The highest BCUT2D eigenvalue weighted by Crippen LogP contribution is 2.26. The number of anilines is 1. The van der Waals surface area contributed by atoms with Crippen LogP contribution in [-0.4, -0.2) is 60.7 Å². The van der Waals surface area contributed by atoms with Crippen LogP contribution >= 0.6 is 0 Å². The molecule has 0 bridgehead atoms. The second-order valence-electron chi connectivity index (χ2n) is 7.63. The fourth-order valence-electron chi connectivity index (χ4n) is 3.81. The van der Waals surface area contributed by atoms with Crippen molar-refractivity contribution in [2.45, 2.75) is 19.9 Å². The summed E-state index contributed by atoms with van der Waals surface area (Å²) >= 11 is 0. The first-order chi connectivity index (χ1) is 14.8. The maximum atomic E-state index is 13.7. The van der Waals surface area contributed by atoms with Crippen LogP contribution in [-0.2, 0) is 9.59 Å². The van der Waals surface area contributed by atoms with Crippen LogP contribution in [0.15, 0.2) is 42.5 Å². The van der Waals surface area contributed by atoms with Crippen LogP contribution in [0.2, 0.25) is 0 Å². The molecule has 7 nitrogen and oxygen atoms in total. The summed E-state index contributed by atoms with van der Waals surface area (Å²) in [5.41, 5.74) is 2.19. The number of hydrogen-bond donors (Lipinski definition) is 2. The van der Waals surface area contributed by atoms with E-state index >= 15 is 0 Å². The number of piperazine rings is 1. The van der Waals surface area contributed by atoms with E-state index in [0.29, 0.717) is 36.4 Å². The van der Waals surface area contributed by atoms with E-state index in [1.54, 1.807) is 49.2 Å². The summed E-state index contributed by atoms with van der Waals surface area (Å²) in [5, 5.41) is 5.37. The molecule has 1 unspecified atom stereocenters. The van der Waals surface area contributed by atoms with E-state index < -0.39 is 0 Å². The SMILES string of the molecule is CNC(=O)c1cccc(C2CN(CC(=O)Nc3cccc(F)c3C)CCN2C(C)=O)c1. The molecular weight excluding hydrogens is 399 g/mol. The van der Waals surface area contributed by atoms with Gasteiger partial charge in [0.15, 0.2) is 0 Å². The lowest BCUT2D eigenvalue weighted by Gasteiger charge is -2.41. The van der Waals surface area contributed by atoms with Gasteiger partial charge in [-0.2, -0.15) is 0 Å². The third-order valence-electron chi connectivity index (χ3n) is 5.54. The van der Waals surface area contributed by atoms with Crippen molar-refractivity contribution in [3.8, 4) is 0 Å². The third kappa shape index (κ3) is 5.27. The Morgan fingerprint density at radius 2 is 1.87 bits per heavy atom. The van der Waals surface area contributed by atoms with Crippen molar-refractivity contribution in [3.63, 3.8) is 0 Å². The number of rotatable bonds is 5. The molecule has 0 aromatic heterocycles. The zero-order valence-electron chi connectivity index (χ0n) is 17.9. The summed E-state index contributed by atoms with van der Waals surface area (Å²) in [6, 6.07) is 11.5. The lowest BCUT2D eigenvalue weighted by Crippen LogP contribution is -2.51. The van der Waals surface area contributed by atoms with Gasteiger partial charge in [-0.05, 0) is 36.8 Å². The van der Waals surface area contributed by atoms with E-state index in [1.807, 2.05) is 11.0 Å². The number of nitrogens with one attached hydrogen (secondary N) is 2. The van der Waals surface area contributed by atoms with Gasteiger partial charge >= 0.3 is 0 Å². The van der Waals surface area contributed by atoms with E-state index in [0.717, 1.165) is 5.56 Å². The molecule has 0 radical (unpaired) electrons. The van der Waals surface area contributed by atoms with Crippen LogP contribution in [0, 0.1) is 12.7 Å². The summed E-state index contributed by atoms with van der Waals surface area (Å²) in [5.74, 6) is -0.879. The number of carbonyl (C=O) groups excluding carboxylic acids is 3. The van der Waals surface area contributed by atoms with Crippen LogP contribution < -0.4 is 10.6 Å². The topological polar surface area (TPSA) is 81.8 Å². The molecule has 3 rings (SSSR count). The first kappa shape index (κ1) is 22.4. The summed E-state index contributed by atoms with van der Waals surface area (Å²) in [4.78, 5) is 40.5. The molecule has 2 aromatic rings. The second kappa shape index (κ2) is 9.70. The Kier molecular flexibility index (Phi) is 7.02. The van der Waals surface area contributed by atoms with E-state index in [2.05, 4.69) is 10.6 Å². The Bertz CT molecular complexity index is 995. The van der Waals surface area contributed by atoms with E-state index in [9.17, 15) is 18.8 Å². The molecule has 0 spiro atoms. The van der Waals surface area contributed by atoms with Crippen LogP contribution in [0.1, 0.15) is 34.5 Å². The Morgan fingerprint density at radius 1 is 1.13 bits per heavy atom. The molecule has 1 atom stereocenters. The number of benzene rings is 2. The molecule has 1 heterocycles. The van der Waals surface area contributed by atoms with Crippen molar-refractivity contribution in [1.29, 1.82) is 0 Å². The molecule has 2 aromatic carbocycles. The minimum Gasteiger partial charge on any atom is -0.355 e. The quantitative estimate of drug-likeness (QED) is 0.769. The molecule has 31 heavy (non-hydrogen) atoms. The van der Waals surface area contributed by atoms with Gasteiger partial charge in [-0.3, -0.25) is 19.3 Å². The molecule has 2 N–H and O–H groups in total. The molecule has 1 fully saturated rings. The monoisotopic (exact) mass is 426 g/mol. The van der Waals surface area contributed by atoms with Gasteiger partial charge in [0.25, 0.3) is 5.91 Å². The van der Waals surface area contributed by atoms with Crippen molar-refractivity contribution in [1.82, 2.24) is 15.1 Å². The number of nitrogens with zero attached hydrogens (tertiary/aromatic N) is 2. The fourth-order valence-corrected chi connectivity index (χ4v) is 3.81. The average Bonchev–Trinajstić information content (AvgIpc) is 2.76. The van der Waals surface area contributed by atoms with Crippen molar-refractivity contribution in [3.05, 3.63) is 65.0 Å². The minimum absolute atomic E-state index is 0.0603. The normalized spacial score (nSPS) is 16.6. The largest absolute Gasteiger partial charge is 0.355 e. The summed E-state index contributed by atoms with van der Waals surface area (Å²) in [6.07, 6.45) is 0. The van der Waals surface area contributed by atoms with Crippen LogP contribution in [0.4, 0.5) is 10.1 Å². The zero-order chi connectivity index (χ0) is 22.5. The van der Waals surface area contributed by atoms with Crippen LogP contribution in [0.3, 0.4) is 0 Å². The Morgan fingerprint density at radius 3 is 2.58 bits per heavy atom. The molecule has 1 aliphatic heterocycles. The lowest BCUT2D eigenvalue weighted by atomic mass is 9.99. The smallest absolute Gasteiger partial charge is 0.251 e. The number of hydrogen-bond acceptors (Lipinski definition) is 4. The van der Waals surface area contributed by atoms with Crippen molar-refractivity contribution < 1.29 is 18.8 Å². The van der Waals surface area contributed by atoms with Gasteiger partial charge in [-0.15, -0.1) is 0 Å². The molecule has 164 valence electrons. The predicted octanol–water partition coefficient (Wildman–Crippen LogP) is 2.34. The fraction of sp³-hybridized carbons (Fsp3) is 0.348. The minimum atomic E-state index is -0.371. The molecular formula is C23H27FN4O3. The van der Waals surface area contributed by atoms with Crippen LogP contribution in [0.25, 0.3) is 0 Å². The van der Waals surface area contributed by atoms with Gasteiger partial charge in [-0.1, -0.05) is 18.2 Å². The average molecular weight is 426 g/mol. The van der Waals surface area contributed by atoms with Crippen LogP contribution in [0.5, 0.6) is 0 Å². The summed E-state index contributed by atoms with van der Waals surface area (Å²) < 4.78 is 13.7. The zero-order valence-corrected chi connectivity index (χ0v) is 17.9. The van der Waals surface area contributed by atoms with Crippen molar-refractivity contribution in [2.75, 3.05) is 38.5 Å². The van der Waals surface area contributed by atoms with Gasteiger partial charge in [0.1, 0.15) is 5.82 Å². The Hall–Kier alpha value is -3.26. The van der Waals surface area contributed by atoms with Gasteiger partial charge in [-0.25, -0.2) is 4.39 Å². The van der Waals surface area contributed by atoms with Gasteiger partial charge in [0.2, 0.25) is 11.8 Å². The predicted molar refractivity (Wildman–Crippen MR) is 116 cm³/mol. The van der Waals surface area contributed by atoms with Gasteiger partial charge in [0.05, 0.1) is 12.6 Å². The van der Waals surface area contributed by atoms with Crippen molar-refractivity contribution >= 4 is 23.4 Å². The Labute approximate surface area is 181 Å². The van der Waals surface area contributed by atoms with Gasteiger partial charge in [0, 0.05) is 50.4 Å². The third-order valence-corrected chi connectivity index (χ3v) is 5.54. The first-order valence-corrected chi connectivity index (χ1v) is 10.2. The highest BCUT2D eigenvalue weighted by Gasteiger charge is 2.31. The highest BCUT2D eigenvalue weighted by atomic mass is 19.1. The Balaban J connectivity index is 1.74. The molecule has 0 aliphatic carbocycles. The molecule has 1 aliphatic rings. The number of amides is 3. The number of halogens is 1. The second-order valence-corrected chi connectivity index (χ2v) is 7.63. The summed E-state index contributed by atoms with van der Waals surface area (Å²) in [7, 11) is 1.57. The van der Waals surface area contributed by atoms with E-state index in [-0.39, 0.29) is 36.1 Å². The molecule has 0 saturated carbocycles. The summed E-state index contributed by atoms with van der Waals surface area (Å²) in [6.45, 7) is 4.72. The van der Waals surface area contributed by atoms with Gasteiger partial charge < -0.3 is 15.5 Å². The molecule has 3 amide bonds. The molecule has 1 saturated heterocycles. The molecule has 8 heteroatoms. The van der Waals surface area contributed by atoms with E-state index in [4.69, 9.17) is 0 Å². The van der Waals surface area contributed by atoms with Crippen molar-refractivity contribution in [2.24, 2.45) is 0 Å².